The van der Waals surface area contributed by atoms with Gasteiger partial charge in [0, 0.05) is 32.1 Å². The quantitative estimate of drug-likeness (QED) is 0.727. The zero-order chi connectivity index (χ0) is 21.0. The number of nitrogens with zero attached hydrogens (tertiary/aromatic N) is 2. The summed E-state index contributed by atoms with van der Waals surface area (Å²) in [5, 5.41) is 0. The van der Waals surface area contributed by atoms with Crippen LogP contribution in [0.15, 0.2) is 23.1 Å². The van der Waals surface area contributed by atoms with Gasteiger partial charge in [-0.25, -0.2) is 8.42 Å². The highest BCUT2D eigenvalue weighted by atomic mass is 32.2. The van der Waals surface area contributed by atoms with Crippen LogP contribution < -0.4 is 4.74 Å². The third-order valence-electron chi connectivity index (χ3n) is 6.19. The fraction of sp³-hybridized carbons (Fsp3) is 0.682. The van der Waals surface area contributed by atoms with Gasteiger partial charge >= 0.3 is 0 Å². The summed E-state index contributed by atoms with van der Waals surface area (Å²) in [6.45, 7) is 6.52. The maximum atomic E-state index is 13.3. The van der Waals surface area contributed by atoms with E-state index >= 15 is 0 Å². The minimum absolute atomic E-state index is 0.0663. The van der Waals surface area contributed by atoms with Crippen LogP contribution in [-0.4, -0.2) is 56.8 Å². The van der Waals surface area contributed by atoms with Crippen LogP contribution >= 0.6 is 0 Å². The molecule has 2 aliphatic rings. The van der Waals surface area contributed by atoms with Gasteiger partial charge in [0.15, 0.2) is 0 Å². The van der Waals surface area contributed by atoms with Crippen LogP contribution in [-0.2, 0) is 14.8 Å². The lowest BCUT2D eigenvalue weighted by Gasteiger charge is -2.33. The molecule has 1 aromatic carbocycles. The number of carbonyl (C=O) groups excluding carboxylic acids is 1. The monoisotopic (exact) mass is 422 g/mol. The number of hydrogen-bond donors (Lipinski definition) is 0. The van der Waals surface area contributed by atoms with Crippen LogP contribution in [0.5, 0.6) is 5.75 Å². The molecule has 162 valence electrons. The summed E-state index contributed by atoms with van der Waals surface area (Å²) in [7, 11) is -2.16. The van der Waals surface area contributed by atoms with Gasteiger partial charge in [0.05, 0.1) is 7.11 Å². The molecule has 0 radical (unpaired) electrons. The molecule has 6 nitrogen and oxygen atoms in total. The first-order valence-corrected chi connectivity index (χ1v) is 12.3. The topological polar surface area (TPSA) is 66.9 Å². The molecule has 0 atom stereocenters. The molecule has 0 aliphatic carbocycles. The van der Waals surface area contributed by atoms with E-state index in [0.717, 1.165) is 31.5 Å². The predicted octanol–water partition coefficient (Wildman–Crippen LogP) is 3.62. The smallest absolute Gasteiger partial charge is 0.246 e. The minimum atomic E-state index is -3.66. The van der Waals surface area contributed by atoms with Gasteiger partial charge in [0.25, 0.3) is 0 Å². The second kappa shape index (κ2) is 9.47. The molecule has 0 unspecified atom stereocenters. The summed E-state index contributed by atoms with van der Waals surface area (Å²) in [4.78, 5) is 15.1. The standard InChI is InChI=1S/C22H34N2O4S/c1-17(2)19-8-9-20(28-3)21(16-19)29(26,27)24-14-10-18(11-15-24)22(25)23-12-6-4-5-7-13-23/h8-9,16-18H,4-7,10-15H2,1-3H3. The average Bonchev–Trinajstić information content (AvgIpc) is 3.02. The van der Waals surface area contributed by atoms with Crippen molar-refractivity contribution in [1.82, 2.24) is 9.21 Å². The van der Waals surface area contributed by atoms with Gasteiger partial charge in [-0.1, -0.05) is 32.8 Å². The van der Waals surface area contributed by atoms with Crippen molar-refractivity contribution in [1.29, 1.82) is 0 Å². The first-order valence-electron chi connectivity index (χ1n) is 10.8. The van der Waals surface area contributed by atoms with E-state index in [1.165, 1.54) is 24.3 Å². The van der Waals surface area contributed by atoms with Crippen LogP contribution in [0.3, 0.4) is 0 Å². The molecule has 2 fully saturated rings. The van der Waals surface area contributed by atoms with E-state index in [9.17, 15) is 13.2 Å². The van der Waals surface area contributed by atoms with Gasteiger partial charge in [-0.2, -0.15) is 4.31 Å². The Hall–Kier alpha value is -1.60. The molecular formula is C22H34N2O4S. The molecule has 0 spiro atoms. The normalized spacial score (nSPS) is 19.9. The molecule has 0 N–H and O–H groups in total. The lowest BCUT2D eigenvalue weighted by molar-refractivity contribution is -0.136. The fourth-order valence-electron chi connectivity index (χ4n) is 4.29. The van der Waals surface area contributed by atoms with E-state index < -0.39 is 10.0 Å². The number of likely N-dealkylation sites (tertiary alicyclic amines) is 1. The van der Waals surface area contributed by atoms with Crippen molar-refractivity contribution in [3.63, 3.8) is 0 Å². The fourth-order valence-corrected chi connectivity index (χ4v) is 5.95. The molecule has 1 amide bonds. The Balaban J connectivity index is 1.71. The summed E-state index contributed by atoms with van der Waals surface area (Å²) in [5.41, 5.74) is 0.968. The summed E-state index contributed by atoms with van der Waals surface area (Å²) in [6.07, 6.45) is 5.70. The average molecular weight is 423 g/mol. The molecule has 7 heteroatoms. The molecule has 2 saturated heterocycles. The van der Waals surface area contributed by atoms with E-state index in [0.29, 0.717) is 31.7 Å². The molecule has 2 aliphatic heterocycles. The Morgan fingerprint density at radius 1 is 1.03 bits per heavy atom. The van der Waals surface area contributed by atoms with Gasteiger partial charge in [-0.15, -0.1) is 0 Å². The number of ether oxygens (including phenoxy) is 1. The van der Waals surface area contributed by atoms with Crippen molar-refractivity contribution >= 4 is 15.9 Å². The van der Waals surface area contributed by atoms with Crippen molar-refractivity contribution in [2.24, 2.45) is 5.92 Å². The number of hydrogen-bond acceptors (Lipinski definition) is 4. The van der Waals surface area contributed by atoms with E-state index in [1.807, 2.05) is 24.8 Å². The minimum Gasteiger partial charge on any atom is -0.495 e. The Labute approximate surface area is 175 Å². The highest BCUT2D eigenvalue weighted by Gasteiger charge is 2.35. The Bertz CT molecular complexity index is 806. The molecule has 0 aromatic heterocycles. The van der Waals surface area contributed by atoms with Gasteiger partial charge in [0.2, 0.25) is 15.9 Å². The van der Waals surface area contributed by atoms with Gasteiger partial charge in [-0.05, 0) is 49.3 Å². The largest absolute Gasteiger partial charge is 0.495 e. The Kier molecular flexibility index (Phi) is 7.22. The maximum absolute atomic E-state index is 13.3. The second-order valence-corrected chi connectivity index (χ2v) is 10.4. The second-order valence-electron chi connectivity index (χ2n) is 8.48. The number of sulfonamides is 1. The molecule has 2 heterocycles. The third kappa shape index (κ3) is 4.94. The molecule has 1 aromatic rings. The van der Waals surface area contributed by atoms with Crippen molar-refractivity contribution in [3.8, 4) is 5.75 Å². The van der Waals surface area contributed by atoms with Crippen molar-refractivity contribution < 1.29 is 17.9 Å². The zero-order valence-corrected chi connectivity index (χ0v) is 18.7. The summed E-state index contributed by atoms with van der Waals surface area (Å²) in [6, 6.07) is 5.37. The number of carbonyl (C=O) groups is 1. The van der Waals surface area contributed by atoms with Crippen LogP contribution in [0.1, 0.15) is 63.9 Å². The van der Waals surface area contributed by atoms with Crippen molar-refractivity contribution in [3.05, 3.63) is 23.8 Å². The molecule has 0 saturated carbocycles. The Morgan fingerprint density at radius 2 is 1.66 bits per heavy atom. The first-order chi connectivity index (χ1) is 13.8. The van der Waals surface area contributed by atoms with Gasteiger partial charge in [-0.3, -0.25) is 4.79 Å². The SMILES string of the molecule is COc1ccc(C(C)C)cc1S(=O)(=O)N1CCC(C(=O)N2CCCCCC2)CC1. The predicted molar refractivity (Wildman–Crippen MR) is 114 cm³/mol. The van der Waals surface area contributed by atoms with Crippen molar-refractivity contribution in [2.45, 2.75) is 63.2 Å². The summed E-state index contributed by atoms with van der Waals surface area (Å²) < 4.78 is 33.5. The van der Waals surface area contributed by atoms with E-state index in [4.69, 9.17) is 4.74 Å². The summed E-state index contributed by atoms with van der Waals surface area (Å²) >= 11 is 0. The maximum Gasteiger partial charge on any atom is 0.246 e. The number of piperidine rings is 1. The number of rotatable bonds is 5. The van der Waals surface area contributed by atoms with E-state index in [1.54, 1.807) is 12.1 Å². The van der Waals surface area contributed by atoms with E-state index in [2.05, 4.69) is 0 Å². The highest BCUT2D eigenvalue weighted by molar-refractivity contribution is 7.89. The summed E-state index contributed by atoms with van der Waals surface area (Å²) in [5.74, 6) is 0.746. The number of methoxy groups -OCH3 is 1. The van der Waals surface area contributed by atoms with Crippen LogP contribution in [0, 0.1) is 5.92 Å². The molecular weight excluding hydrogens is 388 g/mol. The number of amides is 1. The molecule has 0 bridgehead atoms. The van der Waals surface area contributed by atoms with Gasteiger partial charge < -0.3 is 9.64 Å². The highest BCUT2D eigenvalue weighted by Crippen LogP contribution is 2.32. The number of benzene rings is 1. The third-order valence-corrected chi connectivity index (χ3v) is 8.11. The van der Waals surface area contributed by atoms with Gasteiger partial charge in [0.1, 0.15) is 10.6 Å². The first kappa shape index (κ1) is 22.1. The van der Waals surface area contributed by atoms with Crippen LogP contribution in [0.2, 0.25) is 0 Å². The zero-order valence-electron chi connectivity index (χ0n) is 17.9. The Morgan fingerprint density at radius 3 is 2.21 bits per heavy atom. The molecule has 3 rings (SSSR count). The lowest BCUT2D eigenvalue weighted by atomic mass is 9.96. The van der Waals surface area contributed by atoms with Crippen molar-refractivity contribution in [2.75, 3.05) is 33.3 Å². The lowest BCUT2D eigenvalue weighted by Crippen LogP contribution is -2.44. The van der Waals surface area contributed by atoms with E-state index in [-0.39, 0.29) is 22.6 Å². The molecule has 29 heavy (non-hydrogen) atoms. The van der Waals surface area contributed by atoms with Crippen LogP contribution in [0.25, 0.3) is 0 Å². The van der Waals surface area contributed by atoms with Crippen LogP contribution in [0.4, 0.5) is 0 Å².